The number of benzene rings is 7. The van der Waals surface area contributed by atoms with Gasteiger partial charge in [0, 0.05) is 48.2 Å². The molecule has 0 unspecified atom stereocenters. The molecule has 0 aliphatic heterocycles. The van der Waals surface area contributed by atoms with E-state index in [0.29, 0.717) is 0 Å². The maximum absolute atomic E-state index is 8.48. The molecule has 0 fully saturated rings. The van der Waals surface area contributed by atoms with Crippen molar-refractivity contribution < 1.29 is 30.0 Å². The van der Waals surface area contributed by atoms with Crippen molar-refractivity contribution in [3.8, 4) is 39.5 Å². The van der Waals surface area contributed by atoms with Crippen LogP contribution < -0.4 is 5.19 Å². The van der Waals surface area contributed by atoms with Crippen LogP contribution in [0.2, 0.25) is 19.6 Å². The van der Waals surface area contributed by atoms with Crippen LogP contribution in [0.4, 0.5) is 0 Å². The summed E-state index contributed by atoms with van der Waals surface area (Å²) in [5.41, 5.74) is 13.6. The summed E-state index contributed by atoms with van der Waals surface area (Å²) in [7, 11) is -1.61. The number of aromatic nitrogens is 3. The number of furan rings is 1. The Morgan fingerprint density at radius 2 is 1.37 bits per heavy atom. The van der Waals surface area contributed by atoms with E-state index in [1.54, 1.807) is 12.1 Å². The van der Waals surface area contributed by atoms with Crippen molar-refractivity contribution in [1.29, 1.82) is 0 Å². The molecule has 329 valence electrons. The van der Waals surface area contributed by atoms with Crippen LogP contribution in [-0.4, -0.2) is 22.6 Å². The Morgan fingerprint density at radius 1 is 0.677 bits per heavy atom. The van der Waals surface area contributed by atoms with Gasteiger partial charge in [-0.3, -0.25) is 4.98 Å². The van der Waals surface area contributed by atoms with Crippen molar-refractivity contribution in [2.75, 3.05) is 0 Å². The van der Waals surface area contributed by atoms with E-state index < -0.39 is 20.8 Å². The number of hydrogen-bond donors (Lipinski definition) is 0. The summed E-state index contributed by atoms with van der Waals surface area (Å²) in [6, 6.07) is 54.1. The number of nitrogens with zero attached hydrogens (tertiary/aromatic N) is 3. The van der Waals surface area contributed by atoms with E-state index in [1.807, 2.05) is 32.2 Å². The maximum Gasteiger partial charge on any atom is 0.128 e. The van der Waals surface area contributed by atoms with Crippen LogP contribution in [0.1, 0.15) is 87.0 Å². The van der Waals surface area contributed by atoms with Gasteiger partial charge < -0.3 is 14.0 Å². The summed E-state index contributed by atoms with van der Waals surface area (Å²) in [6.45, 7) is 17.5. The van der Waals surface area contributed by atoms with Gasteiger partial charge in [0.25, 0.3) is 0 Å². The summed E-state index contributed by atoms with van der Waals surface area (Å²) in [5.74, 6) is 0.706. The molecular weight excluding hydrogens is 987 g/mol. The molecule has 0 spiro atoms. The monoisotopic (exact) mass is 1050 g/mol. The summed E-state index contributed by atoms with van der Waals surface area (Å²) < 4.78 is 39.9. The third-order valence-electron chi connectivity index (χ3n) is 12.2. The molecule has 10 rings (SSSR count). The fraction of sp³-hybridized carbons (Fsp3) is 0.220. The Hall–Kier alpha value is -5.91. The molecule has 7 aromatic carbocycles. The van der Waals surface area contributed by atoms with Crippen molar-refractivity contribution in [2.24, 2.45) is 0 Å². The van der Waals surface area contributed by atoms with Crippen molar-refractivity contribution in [3.05, 3.63) is 180 Å². The average molecular weight is 1050 g/mol. The van der Waals surface area contributed by atoms with E-state index in [9.17, 15) is 0 Å². The number of rotatable bonds is 8. The molecule has 0 atom stereocenters. The normalized spacial score (nSPS) is 13.1. The van der Waals surface area contributed by atoms with Crippen LogP contribution >= 0.6 is 0 Å². The molecule has 0 amide bonds. The van der Waals surface area contributed by atoms with E-state index in [0.717, 1.165) is 66.6 Å². The summed E-state index contributed by atoms with van der Waals surface area (Å²) in [4.78, 5) is 9.86. The van der Waals surface area contributed by atoms with Gasteiger partial charge in [0.15, 0.2) is 0 Å². The Bertz CT molecular complexity index is 3440. The molecule has 65 heavy (non-hydrogen) atoms. The standard InChI is InChI=1S/C41H33N2O.C18H24NSi.Ir/c1-25(2)34-23-29(27-13-6-5-7-14-27)24-35(26(3)4)38(34)43-37-20-11-10-19-36(37)42-41(43)33-18-12-17-31-32-22-21-28-15-8-9-16-30(28)39(32)44-40(31)33;1-13(2)16-11-17(15-9-7-14(3)8-10-15)19-12-18(16)20(4,5)6;/h5-17,19-26H,1-4H3;7-9,11-13H,1-6H3;/q2*-1;/i;3D3,13D;. The second-order valence-corrected chi connectivity index (χ2v) is 23.7. The molecule has 3 aromatic heterocycles. The predicted octanol–water partition coefficient (Wildman–Crippen LogP) is 16.0. The molecule has 1 radical (unpaired) electrons. The minimum absolute atomic E-state index is 0. The van der Waals surface area contributed by atoms with Gasteiger partial charge in [-0.25, -0.2) is 0 Å². The molecule has 10 aromatic rings. The third kappa shape index (κ3) is 8.80. The SMILES string of the molecule is CC(C)c1cc(-c2ccccc2)cc(C(C)C)c1-n1c(-c2[c-]ccc3c2oc2c4ccccc4ccc32)nc2ccccc21.[2H]C([2H])([2H])c1c[c-]c(-c2cc(C([2H])(C)C)c([Si](C)(C)C)cn2)cc1.[Ir]. The topological polar surface area (TPSA) is 43.9 Å². The Morgan fingerprint density at radius 3 is 2.05 bits per heavy atom. The smallest absolute Gasteiger partial charge is 0.128 e. The van der Waals surface area contributed by atoms with Crippen LogP contribution in [0.15, 0.2) is 150 Å². The van der Waals surface area contributed by atoms with Crippen molar-refractivity contribution in [2.45, 2.75) is 85.8 Å². The minimum atomic E-state index is -2.13. The first-order valence-electron chi connectivity index (χ1n) is 24.3. The quantitative estimate of drug-likeness (QED) is 0.113. The number of imidazole rings is 1. The average Bonchev–Trinajstić information content (AvgIpc) is 3.90. The van der Waals surface area contributed by atoms with Gasteiger partial charge in [-0.15, -0.1) is 53.6 Å². The second-order valence-electron chi connectivity index (χ2n) is 18.7. The van der Waals surface area contributed by atoms with E-state index in [4.69, 9.17) is 14.9 Å². The van der Waals surface area contributed by atoms with Gasteiger partial charge >= 0.3 is 0 Å². The van der Waals surface area contributed by atoms with Crippen LogP contribution in [-0.2, 0) is 20.1 Å². The Labute approximate surface area is 404 Å². The van der Waals surface area contributed by atoms with Gasteiger partial charge in [0.1, 0.15) is 5.58 Å². The fourth-order valence-corrected chi connectivity index (χ4v) is 10.5. The van der Waals surface area contributed by atoms with Gasteiger partial charge in [-0.2, -0.15) is 0 Å². The zero-order valence-corrected chi connectivity index (χ0v) is 42.0. The zero-order chi connectivity index (χ0) is 48.3. The molecule has 0 saturated carbocycles. The number of hydrogen-bond acceptors (Lipinski definition) is 3. The molecule has 6 heteroatoms. The summed E-state index contributed by atoms with van der Waals surface area (Å²) in [6.07, 6.45) is 1.89. The van der Waals surface area contributed by atoms with Gasteiger partial charge in [0.2, 0.25) is 0 Å². The molecule has 3 heterocycles. The summed E-state index contributed by atoms with van der Waals surface area (Å²) in [5, 5.41) is 5.64. The molecule has 4 nitrogen and oxygen atoms in total. The van der Waals surface area contributed by atoms with E-state index in [2.05, 4.69) is 178 Å². The zero-order valence-electron chi connectivity index (χ0n) is 42.6. The summed E-state index contributed by atoms with van der Waals surface area (Å²) >= 11 is 0. The molecule has 0 aliphatic carbocycles. The number of pyridine rings is 1. The van der Waals surface area contributed by atoms with E-state index >= 15 is 0 Å². The largest absolute Gasteiger partial charge is 0.500 e. The first-order chi connectivity index (χ1) is 32.3. The third-order valence-corrected chi connectivity index (χ3v) is 14.2. The number of fused-ring (bicyclic) bond motifs is 6. The van der Waals surface area contributed by atoms with Crippen molar-refractivity contribution in [3.63, 3.8) is 0 Å². The van der Waals surface area contributed by atoms with Crippen LogP contribution in [0.25, 0.3) is 83.2 Å². The number of aryl methyl sites for hydroxylation is 1. The molecule has 0 saturated heterocycles. The molecule has 0 aliphatic rings. The Balaban J connectivity index is 0.000000219. The van der Waals surface area contributed by atoms with E-state index in [1.165, 1.54) is 44.6 Å². The maximum atomic E-state index is 8.48. The first-order valence-corrected chi connectivity index (χ1v) is 25.8. The minimum Gasteiger partial charge on any atom is -0.500 e. The van der Waals surface area contributed by atoms with Crippen LogP contribution in [0, 0.1) is 19.0 Å². The van der Waals surface area contributed by atoms with Gasteiger partial charge in [-0.05, 0) is 80.5 Å². The van der Waals surface area contributed by atoms with Crippen LogP contribution in [0.3, 0.4) is 0 Å². The van der Waals surface area contributed by atoms with E-state index in [-0.39, 0.29) is 37.5 Å². The second kappa shape index (κ2) is 18.5. The fourth-order valence-electron chi connectivity index (χ4n) is 8.87. The number of para-hydroxylation sites is 2. The van der Waals surface area contributed by atoms with Crippen molar-refractivity contribution >= 4 is 57.0 Å². The van der Waals surface area contributed by atoms with Gasteiger partial charge in [0.05, 0.1) is 30.5 Å². The molecule has 0 N–H and O–H groups in total. The molecule has 0 bridgehead atoms. The van der Waals surface area contributed by atoms with Crippen molar-refractivity contribution in [1.82, 2.24) is 14.5 Å². The predicted molar refractivity (Wildman–Crippen MR) is 274 cm³/mol. The molecular formula is C59H57IrN3OSi-2. The van der Waals surface area contributed by atoms with Gasteiger partial charge in [-0.1, -0.05) is 169 Å². The first kappa shape index (κ1) is 40.6. The van der Waals surface area contributed by atoms with Crippen LogP contribution in [0.5, 0.6) is 0 Å². The Kier molecular flexibility index (Phi) is 11.6.